The molecule has 0 saturated heterocycles. The fraction of sp³-hybridized carbons (Fsp3) is 0.808. The molecule has 1 heterocycles. The highest BCUT2D eigenvalue weighted by Gasteiger charge is 2.51. The first-order valence-electron chi connectivity index (χ1n) is 12.4. The molecular weight excluding hydrogens is 376 g/mol. The molecule has 1 aliphatic carbocycles. The number of fused-ring (bicyclic) bond motifs is 1. The molecule has 0 saturated carbocycles. The molecule has 0 fully saturated rings. The maximum Gasteiger partial charge on any atom is 0.342 e. The van der Waals surface area contributed by atoms with Gasteiger partial charge in [-0.25, -0.2) is 4.79 Å². The summed E-state index contributed by atoms with van der Waals surface area (Å²) < 4.78 is 6.63. The molecule has 4 heteroatoms. The minimum atomic E-state index is -1.04. The normalized spacial score (nSPS) is 25.9. The highest BCUT2D eigenvalue weighted by atomic mass is 17.2. The molecule has 4 nitrogen and oxygen atoms in total. The average Bonchev–Trinajstić information content (AvgIpc) is 3.11. The molecule has 1 aliphatic heterocycles. The summed E-state index contributed by atoms with van der Waals surface area (Å²) in [7, 11) is 0. The van der Waals surface area contributed by atoms with Gasteiger partial charge in [0.05, 0.1) is 11.7 Å². The molecule has 0 aromatic heterocycles. The molecule has 3 unspecified atom stereocenters. The summed E-state index contributed by atoms with van der Waals surface area (Å²) in [6.07, 6.45) is 17.3. The molecule has 0 aromatic rings. The summed E-state index contributed by atoms with van der Waals surface area (Å²) in [6.45, 7) is 6.50. The Balaban J connectivity index is 2.13. The second-order valence-electron chi connectivity index (χ2n) is 8.76. The van der Waals surface area contributed by atoms with Crippen molar-refractivity contribution in [2.75, 3.05) is 0 Å². The van der Waals surface area contributed by atoms with Crippen LogP contribution in [-0.4, -0.2) is 17.9 Å². The van der Waals surface area contributed by atoms with Gasteiger partial charge in [-0.3, -0.25) is 4.89 Å². The van der Waals surface area contributed by atoms with Crippen molar-refractivity contribution in [1.29, 1.82) is 0 Å². The molecule has 0 spiro atoms. The third-order valence-corrected chi connectivity index (χ3v) is 6.27. The summed E-state index contributed by atoms with van der Waals surface area (Å²) in [4.78, 5) is 23.6. The van der Waals surface area contributed by atoms with Gasteiger partial charge in [-0.1, -0.05) is 83.6 Å². The maximum absolute atomic E-state index is 12.3. The third-order valence-electron chi connectivity index (χ3n) is 6.27. The van der Waals surface area contributed by atoms with Crippen LogP contribution in [0.25, 0.3) is 0 Å². The Bertz CT molecular complexity index is 600. The zero-order valence-electron chi connectivity index (χ0n) is 19.5. The Morgan fingerprint density at radius 3 is 2.67 bits per heavy atom. The lowest BCUT2D eigenvalue weighted by atomic mass is 9.91. The van der Waals surface area contributed by atoms with E-state index >= 15 is 0 Å². The predicted octanol–water partition coefficient (Wildman–Crippen LogP) is 7.03. The van der Waals surface area contributed by atoms with Crippen molar-refractivity contribution in [2.24, 2.45) is 5.92 Å². The summed E-state index contributed by atoms with van der Waals surface area (Å²) in [5.74, 6) is 5.37. The van der Waals surface area contributed by atoms with Gasteiger partial charge >= 0.3 is 5.97 Å². The summed E-state index contributed by atoms with van der Waals surface area (Å²) in [6, 6.07) is 0. The minimum Gasteiger partial charge on any atom is -0.339 e. The first kappa shape index (κ1) is 25.0. The summed E-state index contributed by atoms with van der Waals surface area (Å²) in [5.41, 5.74) is 0.850. The van der Waals surface area contributed by atoms with E-state index in [1.807, 2.05) is 0 Å². The van der Waals surface area contributed by atoms with Gasteiger partial charge in [0.25, 0.3) is 5.79 Å². The smallest absolute Gasteiger partial charge is 0.339 e. The largest absolute Gasteiger partial charge is 0.342 e. The molecule has 0 radical (unpaired) electrons. The molecule has 0 bridgehead atoms. The second kappa shape index (κ2) is 13.9. The van der Waals surface area contributed by atoms with Crippen LogP contribution < -0.4 is 0 Å². The first-order valence-corrected chi connectivity index (χ1v) is 12.4. The fourth-order valence-electron chi connectivity index (χ4n) is 4.35. The van der Waals surface area contributed by atoms with Crippen LogP contribution in [0.5, 0.6) is 0 Å². The van der Waals surface area contributed by atoms with Crippen LogP contribution in [0.15, 0.2) is 11.6 Å². The van der Waals surface area contributed by atoms with Crippen molar-refractivity contribution >= 4 is 5.97 Å². The van der Waals surface area contributed by atoms with E-state index in [2.05, 4.69) is 38.7 Å². The zero-order valence-corrected chi connectivity index (χ0v) is 19.5. The first-order chi connectivity index (χ1) is 14.7. The number of unbranched alkanes of at least 4 members (excludes halogenated alkanes) is 6. The lowest BCUT2D eigenvalue weighted by Gasteiger charge is -2.37. The van der Waals surface area contributed by atoms with Gasteiger partial charge < -0.3 is 4.74 Å². The second-order valence-corrected chi connectivity index (χ2v) is 8.76. The number of hydrogen-bond donors (Lipinski definition) is 0. The van der Waals surface area contributed by atoms with Crippen LogP contribution in [-0.2, 0) is 19.3 Å². The number of ether oxygens (including phenoxy) is 1. The third kappa shape index (κ3) is 7.43. The average molecular weight is 419 g/mol. The quantitative estimate of drug-likeness (QED) is 0.139. The molecule has 0 aromatic carbocycles. The molecule has 2 aliphatic rings. The van der Waals surface area contributed by atoms with Crippen molar-refractivity contribution in [3.63, 3.8) is 0 Å². The van der Waals surface area contributed by atoms with Gasteiger partial charge in [0.2, 0.25) is 0 Å². The van der Waals surface area contributed by atoms with E-state index in [1.54, 1.807) is 0 Å². The van der Waals surface area contributed by atoms with Gasteiger partial charge in [0, 0.05) is 18.8 Å². The Hall–Kier alpha value is -1.31. The fourth-order valence-corrected chi connectivity index (χ4v) is 4.35. The zero-order chi connectivity index (χ0) is 21.7. The SMILES string of the molecule is CCCCCCCC1CC=C2C#CCCCC(CC)OC21OOC(=O)CCCCC. The molecular formula is C26H42O4. The monoisotopic (exact) mass is 418 g/mol. The van der Waals surface area contributed by atoms with E-state index in [0.29, 0.717) is 6.42 Å². The number of allylic oxidation sites excluding steroid dienone is 1. The van der Waals surface area contributed by atoms with Crippen molar-refractivity contribution in [1.82, 2.24) is 0 Å². The van der Waals surface area contributed by atoms with E-state index in [9.17, 15) is 4.79 Å². The Morgan fingerprint density at radius 1 is 1.13 bits per heavy atom. The van der Waals surface area contributed by atoms with Gasteiger partial charge in [0.15, 0.2) is 0 Å². The number of carbonyl (C=O) groups is 1. The van der Waals surface area contributed by atoms with E-state index < -0.39 is 5.79 Å². The lowest BCUT2D eigenvalue weighted by Crippen LogP contribution is -2.45. The van der Waals surface area contributed by atoms with Crippen molar-refractivity contribution in [3.8, 4) is 11.8 Å². The molecule has 0 amide bonds. The van der Waals surface area contributed by atoms with Crippen LogP contribution in [0.3, 0.4) is 0 Å². The highest BCUT2D eigenvalue weighted by molar-refractivity contribution is 5.68. The van der Waals surface area contributed by atoms with Gasteiger partial charge in [-0.05, 0) is 38.5 Å². The number of carbonyl (C=O) groups excluding carboxylic acids is 1. The minimum absolute atomic E-state index is 0.0783. The van der Waals surface area contributed by atoms with E-state index in [4.69, 9.17) is 14.5 Å². The summed E-state index contributed by atoms with van der Waals surface area (Å²) in [5, 5.41) is 0. The molecule has 3 atom stereocenters. The van der Waals surface area contributed by atoms with E-state index in [1.165, 1.54) is 25.7 Å². The highest BCUT2D eigenvalue weighted by Crippen LogP contribution is 2.45. The standard InChI is InChI=1S/C26H42O4/c1-4-7-9-10-13-16-22-20-21-23-17-14-11-15-18-24(6-3)28-26(22,23)30-29-25(27)19-12-8-5-2/h21-22,24H,4-13,15-16,18-20H2,1-3H3. The van der Waals surface area contributed by atoms with Crippen molar-refractivity contribution < 1.29 is 19.3 Å². The predicted molar refractivity (Wildman–Crippen MR) is 120 cm³/mol. The van der Waals surface area contributed by atoms with Crippen molar-refractivity contribution in [3.05, 3.63) is 11.6 Å². The van der Waals surface area contributed by atoms with Crippen LogP contribution in [0.4, 0.5) is 0 Å². The molecule has 0 N–H and O–H groups in total. The van der Waals surface area contributed by atoms with E-state index in [0.717, 1.165) is 69.8 Å². The Labute approximate surface area is 184 Å². The maximum atomic E-state index is 12.3. The van der Waals surface area contributed by atoms with Gasteiger partial charge in [-0.2, -0.15) is 0 Å². The Kier molecular flexibility index (Phi) is 11.6. The van der Waals surface area contributed by atoms with Gasteiger partial charge in [-0.15, -0.1) is 4.89 Å². The number of hydrogen-bond acceptors (Lipinski definition) is 4. The van der Waals surface area contributed by atoms with Crippen LogP contribution in [0, 0.1) is 17.8 Å². The molecule has 2 rings (SSSR count). The van der Waals surface area contributed by atoms with Gasteiger partial charge in [0.1, 0.15) is 0 Å². The Morgan fingerprint density at radius 2 is 1.90 bits per heavy atom. The summed E-state index contributed by atoms with van der Waals surface area (Å²) >= 11 is 0. The van der Waals surface area contributed by atoms with Crippen molar-refractivity contribution in [2.45, 2.75) is 129 Å². The number of rotatable bonds is 13. The molecule has 30 heavy (non-hydrogen) atoms. The van der Waals surface area contributed by atoms with Crippen LogP contribution in [0.2, 0.25) is 0 Å². The lowest BCUT2D eigenvalue weighted by molar-refractivity contribution is -0.410. The molecule has 170 valence electrons. The van der Waals surface area contributed by atoms with E-state index in [-0.39, 0.29) is 18.0 Å². The van der Waals surface area contributed by atoms with Crippen LogP contribution >= 0.6 is 0 Å². The van der Waals surface area contributed by atoms with Crippen LogP contribution in [0.1, 0.15) is 117 Å². The topological polar surface area (TPSA) is 44.8 Å².